The van der Waals surface area contributed by atoms with Gasteiger partial charge in [-0.25, -0.2) is 4.79 Å². The number of rotatable bonds is 16. The van der Waals surface area contributed by atoms with E-state index in [0.29, 0.717) is 5.75 Å². The number of aryl methyl sites for hydroxylation is 1. The van der Waals surface area contributed by atoms with Crippen LogP contribution >= 0.6 is 7.60 Å². The molecule has 0 fully saturated rings. The number of amides is 1. The molecular formula is C34H40N3O8P. The lowest BCUT2D eigenvalue weighted by molar-refractivity contribution is -0.132. The van der Waals surface area contributed by atoms with Crippen molar-refractivity contribution < 1.29 is 27.9 Å². The highest BCUT2D eigenvalue weighted by Gasteiger charge is 2.38. The molecule has 0 atom stereocenters. The number of carbonyl (C=O) groups excluding carboxylic acids is 1. The van der Waals surface area contributed by atoms with Gasteiger partial charge in [0.05, 0.1) is 26.9 Å². The van der Waals surface area contributed by atoms with Crippen LogP contribution in [0, 0.1) is 6.92 Å². The largest absolute Gasteiger partial charge is 0.497 e. The molecule has 244 valence electrons. The van der Waals surface area contributed by atoms with E-state index in [0.717, 1.165) is 21.3 Å². The standard InChI is InChI=1S/C34H40N3O8P/c1-5-44-46(41,45-6-2)25-36(31(38)24-37-23-26(3)32(39)35-33(37)40)21-22-43-34(27-13-9-7-10-14-27,28-15-11-8-12-16-28)29-17-19-30(42-4)20-18-29/h7-20,23H,5-6,21-22,24-25H2,1-4H3,(H,35,39,40). The second-order valence-corrected chi connectivity index (χ2v) is 12.5. The topological polar surface area (TPSA) is 129 Å². The number of hydrogen-bond acceptors (Lipinski definition) is 8. The van der Waals surface area contributed by atoms with Crippen molar-refractivity contribution in [1.82, 2.24) is 14.5 Å². The van der Waals surface area contributed by atoms with E-state index in [1.54, 1.807) is 21.0 Å². The number of carbonyl (C=O) groups is 1. The molecule has 3 aromatic carbocycles. The van der Waals surface area contributed by atoms with Crippen molar-refractivity contribution in [3.8, 4) is 5.75 Å². The van der Waals surface area contributed by atoms with Crippen molar-refractivity contribution >= 4 is 13.5 Å². The third kappa shape index (κ3) is 8.10. The monoisotopic (exact) mass is 649 g/mol. The average molecular weight is 650 g/mol. The molecule has 4 aromatic rings. The molecule has 1 heterocycles. The minimum atomic E-state index is -3.74. The van der Waals surface area contributed by atoms with Crippen molar-refractivity contribution in [2.75, 3.05) is 39.8 Å². The first-order valence-corrected chi connectivity index (χ1v) is 16.7. The normalized spacial score (nSPS) is 11.7. The Morgan fingerprint density at radius 3 is 1.93 bits per heavy atom. The molecule has 0 saturated heterocycles. The molecule has 0 aliphatic carbocycles. The number of ether oxygens (including phenoxy) is 2. The zero-order valence-electron chi connectivity index (χ0n) is 26.5. The second kappa shape index (κ2) is 15.8. The predicted octanol–water partition coefficient (Wildman–Crippen LogP) is 4.91. The molecule has 0 bridgehead atoms. The maximum absolute atomic E-state index is 13.8. The Kier molecular flexibility index (Phi) is 11.9. The maximum atomic E-state index is 13.8. The minimum Gasteiger partial charge on any atom is -0.497 e. The molecule has 0 spiro atoms. The van der Waals surface area contributed by atoms with Crippen molar-refractivity contribution in [3.05, 3.63) is 134 Å². The summed E-state index contributed by atoms with van der Waals surface area (Å²) in [4.78, 5) is 41.7. The van der Waals surface area contributed by atoms with Gasteiger partial charge in [0.15, 0.2) is 0 Å². The van der Waals surface area contributed by atoms with Gasteiger partial charge in [-0.2, -0.15) is 0 Å². The molecule has 11 nitrogen and oxygen atoms in total. The Labute approximate surface area is 268 Å². The Morgan fingerprint density at radius 2 is 1.41 bits per heavy atom. The van der Waals surface area contributed by atoms with Crippen LogP contribution in [0.3, 0.4) is 0 Å². The lowest BCUT2D eigenvalue weighted by Gasteiger charge is -2.37. The first-order valence-electron chi connectivity index (χ1n) is 15.0. The molecular weight excluding hydrogens is 609 g/mol. The highest BCUT2D eigenvalue weighted by atomic mass is 31.2. The second-order valence-electron chi connectivity index (χ2n) is 10.4. The van der Waals surface area contributed by atoms with E-state index in [4.69, 9.17) is 18.5 Å². The van der Waals surface area contributed by atoms with Crippen LogP contribution in [-0.2, 0) is 35.3 Å². The van der Waals surface area contributed by atoms with Crippen molar-refractivity contribution in [3.63, 3.8) is 0 Å². The van der Waals surface area contributed by atoms with Crippen LogP contribution in [0.2, 0.25) is 0 Å². The van der Waals surface area contributed by atoms with Gasteiger partial charge in [-0.1, -0.05) is 72.8 Å². The molecule has 1 amide bonds. The lowest BCUT2D eigenvalue weighted by atomic mass is 9.80. The molecule has 1 N–H and O–H groups in total. The van der Waals surface area contributed by atoms with Gasteiger partial charge in [0.25, 0.3) is 5.56 Å². The van der Waals surface area contributed by atoms with Crippen molar-refractivity contribution in [1.29, 1.82) is 0 Å². The average Bonchev–Trinajstić information content (AvgIpc) is 3.06. The molecule has 0 saturated carbocycles. The van der Waals surface area contributed by atoms with Crippen LogP contribution in [0.5, 0.6) is 5.75 Å². The summed E-state index contributed by atoms with van der Waals surface area (Å²) in [5, 5.41) is 0. The summed E-state index contributed by atoms with van der Waals surface area (Å²) in [5.74, 6) is 0.150. The molecule has 0 aliphatic rings. The van der Waals surface area contributed by atoms with E-state index in [-0.39, 0.29) is 38.2 Å². The summed E-state index contributed by atoms with van der Waals surface area (Å²) in [5.41, 5.74) is 0.444. The fraction of sp³-hybridized carbons (Fsp3) is 0.324. The van der Waals surface area contributed by atoms with Gasteiger partial charge in [-0.05, 0) is 49.6 Å². The number of nitrogens with zero attached hydrogens (tertiary/aromatic N) is 2. The third-order valence-corrected chi connectivity index (χ3v) is 9.37. The zero-order valence-corrected chi connectivity index (χ0v) is 27.4. The fourth-order valence-corrected chi connectivity index (χ4v) is 6.95. The van der Waals surface area contributed by atoms with Crippen LogP contribution < -0.4 is 16.0 Å². The summed E-state index contributed by atoms with van der Waals surface area (Å²) >= 11 is 0. The van der Waals surface area contributed by atoms with Crippen LogP contribution in [-0.4, -0.2) is 60.1 Å². The number of methoxy groups -OCH3 is 1. The Hall–Kier alpha value is -4.28. The van der Waals surface area contributed by atoms with Crippen LogP contribution in [0.4, 0.5) is 0 Å². The molecule has 0 aliphatic heterocycles. The first kappa shape index (κ1) is 34.6. The van der Waals surface area contributed by atoms with Gasteiger partial charge in [0, 0.05) is 18.3 Å². The predicted molar refractivity (Wildman–Crippen MR) is 175 cm³/mol. The van der Waals surface area contributed by atoms with Gasteiger partial charge in [-0.3, -0.25) is 23.7 Å². The Bertz CT molecular complexity index is 1690. The van der Waals surface area contributed by atoms with Gasteiger partial charge < -0.3 is 23.4 Å². The van der Waals surface area contributed by atoms with Crippen LogP contribution in [0.1, 0.15) is 36.1 Å². The van der Waals surface area contributed by atoms with Gasteiger partial charge in [-0.15, -0.1) is 0 Å². The zero-order chi connectivity index (χ0) is 33.2. The van der Waals surface area contributed by atoms with Gasteiger partial charge in [0.1, 0.15) is 24.2 Å². The summed E-state index contributed by atoms with van der Waals surface area (Å²) in [6.45, 7) is 4.70. The summed E-state index contributed by atoms with van der Waals surface area (Å²) < 4.78 is 38.0. The molecule has 46 heavy (non-hydrogen) atoms. The van der Waals surface area contributed by atoms with Crippen LogP contribution in [0.25, 0.3) is 0 Å². The number of benzene rings is 3. The number of nitrogens with one attached hydrogen (secondary N) is 1. The SMILES string of the molecule is CCOP(=O)(CN(CCOC(c1ccccc1)(c1ccccc1)c1ccc(OC)cc1)C(=O)Cn1cc(C)c(=O)[nH]c1=O)OCC. The van der Waals surface area contributed by atoms with Crippen LogP contribution in [0.15, 0.2) is 101 Å². The minimum absolute atomic E-state index is 0.000638. The molecule has 12 heteroatoms. The lowest BCUT2D eigenvalue weighted by Crippen LogP contribution is -2.42. The van der Waals surface area contributed by atoms with Gasteiger partial charge in [0.2, 0.25) is 5.91 Å². The number of H-pyrrole nitrogens is 1. The van der Waals surface area contributed by atoms with E-state index >= 15 is 0 Å². The molecule has 0 unspecified atom stereocenters. The highest BCUT2D eigenvalue weighted by molar-refractivity contribution is 7.53. The smallest absolute Gasteiger partial charge is 0.349 e. The van der Waals surface area contributed by atoms with Gasteiger partial charge >= 0.3 is 13.3 Å². The fourth-order valence-electron chi connectivity index (χ4n) is 5.21. The van der Waals surface area contributed by atoms with Crippen molar-refractivity contribution in [2.24, 2.45) is 0 Å². The molecule has 1 aromatic heterocycles. The first-order chi connectivity index (χ1) is 22.2. The van der Waals surface area contributed by atoms with E-state index in [1.165, 1.54) is 18.0 Å². The summed E-state index contributed by atoms with van der Waals surface area (Å²) in [6, 6.07) is 27.1. The Balaban J connectivity index is 1.73. The van der Waals surface area contributed by atoms with E-state index < -0.39 is 36.9 Å². The summed E-state index contributed by atoms with van der Waals surface area (Å²) in [6.07, 6.45) is 0.956. The Morgan fingerprint density at radius 1 is 0.870 bits per heavy atom. The van der Waals surface area contributed by atoms with E-state index in [1.807, 2.05) is 84.9 Å². The highest BCUT2D eigenvalue weighted by Crippen LogP contribution is 2.48. The third-order valence-electron chi connectivity index (χ3n) is 7.38. The molecule has 4 rings (SSSR count). The summed E-state index contributed by atoms with van der Waals surface area (Å²) in [7, 11) is -2.14. The molecule has 0 radical (unpaired) electrons. The number of hydrogen-bond donors (Lipinski definition) is 1. The van der Waals surface area contributed by atoms with E-state index in [9.17, 15) is 18.9 Å². The number of aromatic amines is 1. The quantitative estimate of drug-likeness (QED) is 0.134. The van der Waals surface area contributed by atoms with Crippen molar-refractivity contribution in [2.45, 2.75) is 32.9 Å². The maximum Gasteiger partial charge on any atom is 0.349 e. The number of aromatic nitrogens is 2. The van der Waals surface area contributed by atoms with E-state index in [2.05, 4.69) is 4.98 Å².